The van der Waals surface area contributed by atoms with Crippen LogP contribution in [0.4, 0.5) is 10.5 Å². The number of urea groups is 1. The van der Waals surface area contributed by atoms with E-state index in [4.69, 9.17) is 4.74 Å². The molecule has 1 aliphatic heterocycles. The van der Waals surface area contributed by atoms with Crippen molar-refractivity contribution < 1.29 is 19.1 Å². The average molecular weight is 416 g/mol. The highest BCUT2D eigenvalue weighted by atomic mass is 16.5. The van der Waals surface area contributed by atoms with E-state index in [1.54, 1.807) is 43.9 Å². The number of esters is 1. The minimum Gasteiger partial charge on any atom is -0.459 e. The van der Waals surface area contributed by atoms with Crippen LogP contribution in [0.1, 0.15) is 66.0 Å². The van der Waals surface area contributed by atoms with Crippen molar-refractivity contribution in [3.05, 3.63) is 41.1 Å². The van der Waals surface area contributed by atoms with Crippen LogP contribution in [-0.2, 0) is 14.3 Å². The summed E-state index contributed by atoms with van der Waals surface area (Å²) in [5.74, 6) is -0.281. The molecule has 2 N–H and O–H groups in total. The first kappa shape index (κ1) is 23.4. The van der Waals surface area contributed by atoms with Gasteiger partial charge in [0, 0.05) is 24.4 Å². The summed E-state index contributed by atoms with van der Waals surface area (Å²) < 4.78 is 5.47. The predicted octanol–water partition coefficient (Wildman–Crippen LogP) is 4.37. The summed E-state index contributed by atoms with van der Waals surface area (Å²) in [6.07, 6.45) is 0.901. The number of rotatable bonds is 8. The van der Waals surface area contributed by atoms with Gasteiger partial charge in [0.1, 0.15) is 0 Å². The van der Waals surface area contributed by atoms with Gasteiger partial charge in [0.05, 0.1) is 17.7 Å². The molecule has 164 valence electrons. The molecule has 0 saturated heterocycles. The molecule has 0 aromatic heterocycles. The Balaban J connectivity index is 2.42. The molecule has 0 saturated carbocycles. The van der Waals surface area contributed by atoms with Crippen molar-refractivity contribution >= 4 is 23.6 Å². The van der Waals surface area contributed by atoms with E-state index in [1.807, 2.05) is 26.8 Å². The van der Waals surface area contributed by atoms with Crippen LogP contribution in [0.3, 0.4) is 0 Å². The van der Waals surface area contributed by atoms with Gasteiger partial charge in [-0.2, -0.15) is 0 Å². The van der Waals surface area contributed by atoms with Crippen molar-refractivity contribution in [3.8, 4) is 0 Å². The van der Waals surface area contributed by atoms with Crippen LogP contribution < -0.4 is 10.6 Å². The van der Waals surface area contributed by atoms with Gasteiger partial charge in [-0.25, -0.2) is 9.59 Å². The van der Waals surface area contributed by atoms with E-state index in [9.17, 15) is 14.4 Å². The first-order chi connectivity index (χ1) is 14.1. The van der Waals surface area contributed by atoms with Gasteiger partial charge in [-0.15, -0.1) is 0 Å². The normalized spacial score (nSPS) is 16.7. The Bertz CT molecular complexity index is 829. The summed E-state index contributed by atoms with van der Waals surface area (Å²) in [5.41, 5.74) is 2.32. The molecule has 7 heteroatoms. The summed E-state index contributed by atoms with van der Waals surface area (Å²) in [6, 6.07) is 6.29. The van der Waals surface area contributed by atoms with Gasteiger partial charge in [-0.3, -0.25) is 9.69 Å². The number of anilines is 1. The minimum atomic E-state index is -0.654. The van der Waals surface area contributed by atoms with E-state index in [1.165, 1.54) is 0 Å². The molecule has 0 spiro atoms. The topological polar surface area (TPSA) is 87.7 Å². The molecule has 7 nitrogen and oxygen atoms in total. The fourth-order valence-corrected chi connectivity index (χ4v) is 3.44. The number of nitrogens with zero attached hydrogens (tertiary/aromatic N) is 1. The summed E-state index contributed by atoms with van der Waals surface area (Å²) in [5, 5.41) is 5.82. The van der Waals surface area contributed by atoms with Crippen LogP contribution in [0.2, 0.25) is 0 Å². The third-order valence-electron chi connectivity index (χ3n) is 4.70. The lowest BCUT2D eigenvalue weighted by atomic mass is 9.94. The van der Waals surface area contributed by atoms with Gasteiger partial charge in [-0.05, 0) is 50.8 Å². The quantitative estimate of drug-likeness (QED) is 0.617. The van der Waals surface area contributed by atoms with Crippen molar-refractivity contribution in [1.82, 2.24) is 10.2 Å². The van der Waals surface area contributed by atoms with Crippen LogP contribution >= 0.6 is 0 Å². The van der Waals surface area contributed by atoms with Gasteiger partial charge in [0.25, 0.3) is 0 Å². The maximum Gasteiger partial charge on any atom is 0.338 e. The number of amides is 3. The Morgan fingerprint density at radius 1 is 1.23 bits per heavy atom. The highest BCUT2D eigenvalue weighted by Gasteiger charge is 2.36. The summed E-state index contributed by atoms with van der Waals surface area (Å²) in [7, 11) is 0. The zero-order chi connectivity index (χ0) is 22.4. The molecule has 1 aromatic rings. The maximum absolute atomic E-state index is 12.9. The average Bonchev–Trinajstić information content (AvgIpc) is 2.63. The van der Waals surface area contributed by atoms with E-state index in [0.717, 1.165) is 6.42 Å². The largest absolute Gasteiger partial charge is 0.459 e. The highest BCUT2D eigenvalue weighted by molar-refractivity contribution is 5.95. The molecule has 0 unspecified atom stereocenters. The minimum absolute atomic E-state index is 0.0740. The highest BCUT2D eigenvalue weighted by Crippen LogP contribution is 2.32. The number of hydrogen-bond donors (Lipinski definition) is 2. The molecule has 1 aliphatic rings. The Morgan fingerprint density at radius 3 is 2.53 bits per heavy atom. The lowest BCUT2D eigenvalue weighted by molar-refractivity contribution is -0.143. The first-order valence-corrected chi connectivity index (χ1v) is 10.5. The number of ether oxygens (including phenoxy) is 1. The van der Waals surface area contributed by atoms with Crippen molar-refractivity contribution in [3.63, 3.8) is 0 Å². The third-order valence-corrected chi connectivity index (χ3v) is 4.70. The molecule has 3 amide bonds. The second-order valence-electron chi connectivity index (χ2n) is 8.26. The zero-order valence-electron chi connectivity index (χ0n) is 18.7. The van der Waals surface area contributed by atoms with Crippen molar-refractivity contribution in [2.75, 3.05) is 11.9 Å². The number of benzene rings is 1. The van der Waals surface area contributed by atoms with E-state index in [2.05, 4.69) is 10.6 Å². The molecule has 0 fully saturated rings. The Kier molecular flexibility index (Phi) is 8.03. The van der Waals surface area contributed by atoms with Gasteiger partial charge >= 0.3 is 12.0 Å². The second-order valence-corrected chi connectivity index (χ2v) is 8.26. The fraction of sp³-hybridized carbons (Fsp3) is 0.522. The van der Waals surface area contributed by atoms with Crippen LogP contribution in [0, 0.1) is 5.92 Å². The van der Waals surface area contributed by atoms with Crippen molar-refractivity contribution in [2.45, 2.75) is 66.5 Å². The Hall–Kier alpha value is -2.83. The van der Waals surface area contributed by atoms with E-state index in [-0.39, 0.29) is 24.0 Å². The Labute approximate surface area is 178 Å². The van der Waals surface area contributed by atoms with Crippen LogP contribution in [0.15, 0.2) is 35.5 Å². The monoisotopic (exact) mass is 415 g/mol. The molecular weight excluding hydrogens is 382 g/mol. The lowest BCUT2D eigenvalue weighted by Gasteiger charge is -2.35. The van der Waals surface area contributed by atoms with Crippen LogP contribution in [0.25, 0.3) is 0 Å². The molecule has 0 bridgehead atoms. The van der Waals surface area contributed by atoms with Crippen molar-refractivity contribution in [2.24, 2.45) is 5.92 Å². The van der Waals surface area contributed by atoms with Gasteiger partial charge < -0.3 is 15.4 Å². The van der Waals surface area contributed by atoms with E-state index >= 15 is 0 Å². The van der Waals surface area contributed by atoms with Crippen molar-refractivity contribution in [1.29, 1.82) is 0 Å². The molecule has 1 atom stereocenters. The molecule has 0 aliphatic carbocycles. The standard InChI is InChI=1S/C23H33N3O4/c1-7-11-26-16(6)20(22(28)30-15(4)5)21(25-23(26)29)17-9-8-10-18(13-17)24-19(27)12-14(2)3/h8-10,13-15,21H,7,11-12H2,1-6H3,(H,24,27)(H,25,29)/t21-/m0/s1. The number of allylic oxidation sites excluding steroid dienone is 1. The summed E-state index contributed by atoms with van der Waals surface area (Å²) >= 11 is 0. The molecule has 1 heterocycles. The molecule has 30 heavy (non-hydrogen) atoms. The number of carbonyl (C=O) groups excluding carboxylic acids is 3. The third kappa shape index (κ3) is 5.84. The van der Waals surface area contributed by atoms with Gasteiger partial charge in [0.15, 0.2) is 0 Å². The molecular formula is C23H33N3O4. The molecule has 1 aromatic carbocycles. The van der Waals surface area contributed by atoms with Gasteiger partial charge in [-0.1, -0.05) is 32.9 Å². The maximum atomic E-state index is 12.9. The SMILES string of the molecule is CCCN1C(=O)N[C@@H](c2cccc(NC(=O)CC(C)C)c2)C(C(=O)OC(C)C)=C1C. The molecule has 0 radical (unpaired) electrons. The second kappa shape index (κ2) is 10.3. The fourth-order valence-electron chi connectivity index (χ4n) is 3.44. The Morgan fingerprint density at radius 2 is 1.93 bits per heavy atom. The number of carbonyl (C=O) groups is 3. The van der Waals surface area contributed by atoms with Gasteiger partial charge in [0.2, 0.25) is 5.91 Å². The zero-order valence-corrected chi connectivity index (χ0v) is 18.7. The lowest BCUT2D eigenvalue weighted by Crippen LogP contribution is -2.48. The first-order valence-electron chi connectivity index (χ1n) is 10.5. The van der Waals surface area contributed by atoms with Crippen LogP contribution in [0.5, 0.6) is 0 Å². The molecule has 2 rings (SSSR count). The van der Waals surface area contributed by atoms with Crippen LogP contribution in [-0.4, -0.2) is 35.5 Å². The number of hydrogen-bond acceptors (Lipinski definition) is 4. The number of nitrogens with one attached hydrogen (secondary N) is 2. The summed E-state index contributed by atoms with van der Waals surface area (Å²) in [4.78, 5) is 39.4. The smallest absolute Gasteiger partial charge is 0.338 e. The van der Waals surface area contributed by atoms with E-state index < -0.39 is 12.0 Å². The predicted molar refractivity (Wildman–Crippen MR) is 117 cm³/mol. The van der Waals surface area contributed by atoms with E-state index in [0.29, 0.717) is 35.5 Å². The summed E-state index contributed by atoms with van der Waals surface area (Å²) in [6.45, 7) is 11.8.